The van der Waals surface area contributed by atoms with Gasteiger partial charge in [-0.15, -0.1) is 0 Å². The smallest absolute Gasteiger partial charge is 0.323 e. The van der Waals surface area contributed by atoms with Crippen LogP contribution in [0.25, 0.3) is 0 Å². The quantitative estimate of drug-likeness (QED) is 0.865. The Morgan fingerprint density at radius 1 is 1.28 bits per heavy atom. The molecule has 1 aromatic rings. The number of carboxylic acids is 1. The second-order valence-electron chi connectivity index (χ2n) is 6.49. The third kappa shape index (κ3) is 5.55. The van der Waals surface area contributed by atoms with Gasteiger partial charge in [-0.1, -0.05) is 6.07 Å². The summed E-state index contributed by atoms with van der Waals surface area (Å²) in [6.45, 7) is 4.17. The SMILES string of the molecule is CC(=O)N(CC(=O)O)[C@@H]1CCCN(C(=O)Cc2ccc(C)nc2)CC1. The summed E-state index contributed by atoms with van der Waals surface area (Å²) in [7, 11) is 0. The van der Waals surface area contributed by atoms with E-state index in [1.54, 1.807) is 11.1 Å². The molecule has 0 spiro atoms. The van der Waals surface area contributed by atoms with Crippen molar-refractivity contribution in [3.05, 3.63) is 29.6 Å². The van der Waals surface area contributed by atoms with E-state index in [0.717, 1.165) is 17.7 Å². The van der Waals surface area contributed by atoms with Crippen LogP contribution < -0.4 is 0 Å². The fraction of sp³-hybridized carbons (Fsp3) is 0.556. The number of carbonyl (C=O) groups is 3. The Hall–Kier alpha value is -2.44. The molecule has 136 valence electrons. The van der Waals surface area contributed by atoms with Crippen LogP contribution in [0.5, 0.6) is 0 Å². The van der Waals surface area contributed by atoms with Gasteiger partial charge in [0.25, 0.3) is 0 Å². The molecular weight excluding hydrogens is 322 g/mol. The van der Waals surface area contributed by atoms with Crippen molar-refractivity contribution in [3.63, 3.8) is 0 Å². The first-order chi connectivity index (χ1) is 11.9. The first-order valence-electron chi connectivity index (χ1n) is 8.55. The molecule has 0 bridgehead atoms. The topological polar surface area (TPSA) is 90.8 Å². The number of likely N-dealkylation sites (tertiary alicyclic amines) is 1. The van der Waals surface area contributed by atoms with E-state index in [1.165, 1.54) is 11.8 Å². The highest BCUT2D eigenvalue weighted by molar-refractivity contribution is 5.80. The Morgan fingerprint density at radius 3 is 2.64 bits per heavy atom. The molecule has 1 N–H and O–H groups in total. The monoisotopic (exact) mass is 347 g/mol. The van der Waals surface area contributed by atoms with Gasteiger partial charge in [-0.25, -0.2) is 0 Å². The summed E-state index contributed by atoms with van der Waals surface area (Å²) in [6, 6.07) is 3.66. The van der Waals surface area contributed by atoms with Gasteiger partial charge in [0, 0.05) is 37.9 Å². The average molecular weight is 347 g/mol. The van der Waals surface area contributed by atoms with Gasteiger partial charge in [-0.3, -0.25) is 19.4 Å². The summed E-state index contributed by atoms with van der Waals surface area (Å²) in [6.07, 6.45) is 4.10. The van der Waals surface area contributed by atoms with Gasteiger partial charge >= 0.3 is 5.97 Å². The van der Waals surface area contributed by atoms with Crippen molar-refractivity contribution < 1.29 is 19.5 Å². The molecule has 1 atom stereocenters. The normalized spacial score (nSPS) is 17.7. The summed E-state index contributed by atoms with van der Waals surface area (Å²) in [5.41, 5.74) is 1.80. The second kappa shape index (κ2) is 8.60. The lowest BCUT2D eigenvalue weighted by molar-refractivity contribution is -0.145. The van der Waals surface area contributed by atoms with Crippen LogP contribution in [-0.4, -0.2) is 63.4 Å². The van der Waals surface area contributed by atoms with Crippen molar-refractivity contribution in [1.29, 1.82) is 0 Å². The third-order valence-electron chi connectivity index (χ3n) is 4.53. The van der Waals surface area contributed by atoms with Crippen LogP contribution in [0.2, 0.25) is 0 Å². The maximum absolute atomic E-state index is 12.5. The molecule has 2 heterocycles. The van der Waals surface area contributed by atoms with Crippen molar-refractivity contribution in [1.82, 2.24) is 14.8 Å². The van der Waals surface area contributed by atoms with Crippen molar-refractivity contribution in [2.75, 3.05) is 19.6 Å². The molecule has 1 aliphatic rings. The third-order valence-corrected chi connectivity index (χ3v) is 4.53. The summed E-state index contributed by atoms with van der Waals surface area (Å²) < 4.78 is 0. The zero-order valence-electron chi connectivity index (χ0n) is 14.8. The number of carbonyl (C=O) groups excluding carboxylic acids is 2. The zero-order valence-corrected chi connectivity index (χ0v) is 14.8. The zero-order chi connectivity index (χ0) is 18.4. The number of hydrogen-bond donors (Lipinski definition) is 1. The molecule has 0 aromatic carbocycles. The molecule has 1 saturated heterocycles. The van der Waals surface area contributed by atoms with E-state index >= 15 is 0 Å². The Labute approximate surface area is 147 Å². The first kappa shape index (κ1) is 18.9. The largest absolute Gasteiger partial charge is 0.480 e. The molecule has 7 nitrogen and oxygen atoms in total. The van der Waals surface area contributed by atoms with E-state index in [2.05, 4.69) is 4.98 Å². The molecule has 0 radical (unpaired) electrons. The van der Waals surface area contributed by atoms with Crippen molar-refractivity contribution in [2.24, 2.45) is 0 Å². The molecule has 0 aliphatic carbocycles. The summed E-state index contributed by atoms with van der Waals surface area (Å²) in [4.78, 5) is 42.7. The molecule has 1 fully saturated rings. The number of pyridine rings is 1. The van der Waals surface area contributed by atoms with Crippen LogP contribution in [0.1, 0.15) is 37.4 Å². The summed E-state index contributed by atoms with van der Waals surface area (Å²) in [5.74, 6) is -1.21. The summed E-state index contributed by atoms with van der Waals surface area (Å²) in [5, 5.41) is 8.99. The Kier molecular flexibility index (Phi) is 6.50. The molecule has 25 heavy (non-hydrogen) atoms. The van der Waals surface area contributed by atoms with E-state index in [9.17, 15) is 14.4 Å². The molecule has 7 heteroatoms. The van der Waals surface area contributed by atoms with Crippen LogP contribution in [0.15, 0.2) is 18.3 Å². The van der Waals surface area contributed by atoms with E-state index in [-0.39, 0.29) is 24.4 Å². The predicted octanol–water partition coefficient (Wildman–Crippen LogP) is 1.25. The number of aryl methyl sites for hydroxylation is 1. The van der Waals surface area contributed by atoms with Gasteiger partial charge in [0.2, 0.25) is 11.8 Å². The van der Waals surface area contributed by atoms with E-state index in [0.29, 0.717) is 32.4 Å². The lowest BCUT2D eigenvalue weighted by atomic mass is 10.1. The predicted molar refractivity (Wildman–Crippen MR) is 91.9 cm³/mol. The average Bonchev–Trinajstić information content (AvgIpc) is 2.80. The standard InChI is InChI=1S/C18H25N3O4/c1-13-5-6-15(11-19-13)10-17(23)20-8-3-4-16(7-9-20)21(14(2)22)12-18(24)25/h5-6,11,16H,3-4,7-10,12H2,1-2H3,(H,24,25)/t16-/m1/s1. The van der Waals surface area contributed by atoms with E-state index in [4.69, 9.17) is 5.11 Å². The highest BCUT2D eigenvalue weighted by Gasteiger charge is 2.27. The van der Waals surface area contributed by atoms with Crippen LogP contribution >= 0.6 is 0 Å². The fourth-order valence-electron chi connectivity index (χ4n) is 3.17. The summed E-state index contributed by atoms with van der Waals surface area (Å²) >= 11 is 0. The minimum absolute atomic E-state index is 0.0407. The minimum Gasteiger partial charge on any atom is -0.480 e. The van der Waals surface area contributed by atoms with Crippen LogP contribution in [0.4, 0.5) is 0 Å². The lowest BCUT2D eigenvalue weighted by Crippen LogP contribution is -2.43. The van der Waals surface area contributed by atoms with Crippen molar-refractivity contribution in [2.45, 2.75) is 45.6 Å². The number of amides is 2. The number of aromatic nitrogens is 1. The van der Waals surface area contributed by atoms with Gasteiger partial charge in [-0.2, -0.15) is 0 Å². The Bertz CT molecular complexity index is 630. The maximum atomic E-state index is 12.5. The van der Waals surface area contributed by atoms with Crippen LogP contribution in [0, 0.1) is 6.92 Å². The first-order valence-corrected chi connectivity index (χ1v) is 8.55. The second-order valence-corrected chi connectivity index (χ2v) is 6.49. The maximum Gasteiger partial charge on any atom is 0.323 e. The molecule has 2 rings (SSSR count). The highest BCUT2D eigenvalue weighted by Crippen LogP contribution is 2.18. The number of nitrogens with zero attached hydrogens (tertiary/aromatic N) is 3. The van der Waals surface area contributed by atoms with E-state index in [1.807, 2.05) is 19.1 Å². The fourth-order valence-corrected chi connectivity index (χ4v) is 3.17. The van der Waals surface area contributed by atoms with Gasteiger partial charge in [0.05, 0.1) is 6.42 Å². The molecule has 2 amide bonds. The number of hydrogen-bond acceptors (Lipinski definition) is 4. The molecule has 0 saturated carbocycles. The molecule has 1 aliphatic heterocycles. The molecular formula is C18H25N3O4. The van der Waals surface area contributed by atoms with Crippen LogP contribution in [0.3, 0.4) is 0 Å². The number of carboxylic acid groups (broad SMARTS) is 1. The molecule has 0 unspecified atom stereocenters. The van der Waals surface area contributed by atoms with Crippen molar-refractivity contribution >= 4 is 17.8 Å². The van der Waals surface area contributed by atoms with Gasteiger partial charge in [0.1, 0.15) is 6.54 Å². The lowest BCUT2D eigenvalue weighted by Gasteiger charge is -2.28. The van der Waals surface area contributed by atoms with Gasteiger partial charge in [0.15, 0.2) is 0 Å². The number of aliphatic carboxylic acids is 1. The van der Waals surface area contributed by atoms with Crippen molar-refractivity contribution in [3.8, 4) is 0 Å². The minimum atomic E-state index is -1.01. The number of rotatable bonds is 5. The van der Waals surface area contributed by atoms with Crippen LogP contribution in [-0.2, 0) is 20.8 Å². The van der Waals surface area contributed by atoms with Gasteiger partial charge in [-0.05, 0) is 37.8 Å². The Balaban J connectivity index is 1.95. The van der Waals surface area contributed by atoms with E-state index < -0.39 is 5.97 Å². The molecule has 1 aromatic heterocycles. The Morgan fingerprint density at radius 2 is 2.04 bits per heavy atom. The highest BCUT2D eigenvalue weighted by atomic mass is 16.4. The van der Waals surface area contributed by atoms with Gasteiger partial charge < -0.3 is 14.9 Å².